The maximum Gasteiger partial charge on any atom is 0.107 e. The summed E-state index contributed by atoms with van der Waals surface area (Å²) >= 11 is 1.81. The second-order valence-corrected chi connectivity index (χ2v) is 6.18. The quantitative estimate of drug-likeness (QED) is 0.857. The molecule has 0 amide bonds. The molecule has 0 radical (unpaired) electrons. The molecule has 1 fully saturated rings. The van der Waals surface area contributed by atoms with Crippen molar-refractivity contribution in [3.05, 3.63) is 41.5 Å². The fourth-order valence-electron chi connectivity index (χ4n) is 2.32. The van der Waals surface area contributed by atoms with Crippen LogP contribution < -0.4 is 0 Å². The molecule has 3 rings (SSSR count). The molecule has 4 heteroatoms. The largest absolute Gasteiger partial charge is 0.304 e. The molecule has 0 bridgehead atoms. The molecular weight excluding hydrogens is 254 g/mol. The van der Waals surface area contributed by atoms with Gasteiger partial charge in [-0.15, -0.1) is 11.3 Å². The molecule has 2 aromatic rings. The van der Waals surface area contributed by atoms with Crippen molar-refractivity contribution in [1.29, 1.82) is 0 Å². The second kappa shape index (κ2) is 5.82. The van der Waals surface area contributed by atoms with E-state index in [0.29, 0.717) is 0 Å². The average Bonchev–Trinajstić information content (AvgIpc) is 2.91. The van der Waals surface area contributed by atoms with Gasteiger partial charge in [-0.3, -0.25) is 4.90 Å². The summed E-state index contributed by atoms with van der Waals surface area (Å²) < 4.78 is 0. The van der Waals surface area contributed by atoms with Crippen molar-refractivity contribution in [3.8, 4) is 10.4 Å². The fourth-order valence-corrected chi connectivity index (χ4v) is 3.28. The Morgan fingerprint density at radius 2 is 1.84 bits per heavy atom. The summed E-state index contributed by atoms with van der Waals surface area (Å²) in [5.74, 6) is 0. The van der Waals surface area contributed by atoms with Crippen LogP contribution in [-0.2, 0) is 6.54 Å². The second-order valence-electron chi connectivity index (χ2n) is 5.06. The van der Waals surface area contributed by atoms with Crippen LogP contribution in [-0.4, -0.2) is 48.0 Å². The van der Waals surface area contributed by atoms with Gasteiger partial charge >= 0.3 is 0 Å². The highest BCUT2D eigenvalue weighted by molar-refractivity contribution is 7.15. The zero-order valence-corrected chi connectivity index (χ0v) is 12.1. The van der Waals surface area contributed by atoms with Crippen LogP contribution in [0.25, 0.3) is 10.4 Å². The predicted octanol–water partition coefficient (Wildman–Crippen LogP) is 2.56. The summed E-state index contributed by atoms with van der Waals surface area (Å²) in [6, 6.07) is 10.5. The molecule has 2 heterocycles. The van der Waals surface area contributed by atoms with Gasteiger partial charge in [0.25, 0.3) is 0 Å². The van der Waals surface area contributed by atoms with Gasteiger partial charge < -0.3 is 4.90 Å². The minimum atomic E-state index is 0.991. The van der Waals surface area contributed by atoms with E-state index in [0.717, 1.165) is 32.7 Å². The third-order valence-electron chi connectivity index (χ3n) is 3.57. The third kappa shape index (κ3) is 3.21. The van der Waals surface area contributed by atoms with Gasteiger partial charge in [-0.25, -0.2) is 4.98 Å². The highest BCUT2D eigenvalue weighted by Gasteiger charge is 2.15. The van der Waals surface area contributed by atoms with Gasteiger partial charge in [0.15, 0.2) is 0 Å². The number of rotatable bonds is 3. The first kappa shape index (κ1) is 12.8. The highest BCUT2D eigenvalue weighted by atomic mass is 32.1. The Hall–Kier alpha value is -1.23. The van der Waals surface area contributed by atoms with Crippen molar-refractivity contribution in [2.45, 2.75) is 6.54 Å². The van der Waals surface area contributed by atoms with E-state index < -0.39 is 0 Å². The first-order chi connectivity index (χ1) is 9.31. The minimum Gasteiger partial charge on any atom is -0.304 e. The Kier molecular flexibility index (Phi) is 3.92. The first-order valence-electron chi connectivity index (χ1n) is 6.72. The van der Waals surface area contributed by atoms with Crippen LogP contribution in [0.2, 0.25) is 0 Å². The van der Waals surface area contributed by atoms with Gasteiger partial charge in [0.2, 0.25) is 0 Å². The number of piperazine rings is 1. The molecule has 1 aliphatic heterocycles. The minimum absolute atomic E-state index is 0.991. The normalized spacial score (nSPS) is 17.7. The van der Waals surface area contributed by atoms with Crippen LogP contribution in [0.5, 0.6) is 0 Å². The zero-order chi connectivity index (χ0) is 13.1. The summed E-state index contributed by atoms with van der Waals surface area (Å²) in [6.07, 6.45) is 2.01. The molecule has 0 unspecified atom stereocenters. The summed E-state index contributed by atoms with van der Waals surface area (Å²) in [5, 5.41) is 1.23. The highest BCUT2D eigenvalue weighted by Crippen LogP contribution is 2.26. The van der Waals surface area contributed by atoms with Crippen molar-refractivity contribution in [3.63, 3.8) is 0 Å². The third-order valence-corrected chi connectivity index (χ3v) is 4.60. The molecule has 1 aromatic carbocycles. The summed E-state index contributed by atoms with van der Waals surface area (Å²) in [7, 11) is 2.19. The van der Waals surface area contributed by atoms with E-state index in [9.17, 15) is 0 Å². The Morgan fingerprint density at radius 3 is 2.58 bits per heavy atom. The van der Waals surface area contributed by atoms with Gasteiger partial charge in [-0.1, -0.05) is 30.3 Å². The molecule has 100 valence electrons. The van der Waals surface area contributed by atoms with Crippen LogP contribution >= 0.6 is 11.3 Å². The van der Waals surface area contributed by atoms with E-state index in [4.69, 9.17) is 0 Å². The van der Waals surface area contributed by atoms with Crippen molar-refractivity contribution >= 4 is 11.3 Å². The lowest BCUT2D eigenvalue weighted by Gasteiger charge is -2.31. The van der Waals surface area contributed by atoms with Crippen LogP contribution in [0.1, 0.15) is 5.01 Å². The molecule has 0 spiro atoms. The lowest BCUT2D eigenvalue weighted by atomic mass is 10.2. The molecule has 1 aliphatic rings. The van der Waals surface area contributed by atoms with Crippen molar-refractivity contribution in [1.82, 2.24) is 14.8 Å². The van der Waals surface area contributed by atoms with Crippen LogP contribution in [0.3, 0.4) is 0 Å². The Bertz CT molecular complexity index is 515. The smallest absolute Gasteiger partial charge is 0.107 e. The summed E-state index contributed by atoms with van der Waals surface area (Å²) in [5.41, 5.74) is 1.27. The van der Waals surface area contributed by atoms with E-state index in [1.54, 1.807) is 0 Å². The van der Waals surface area contributed by atoms with E-state index in [1.165, 1.54) is 15.4 Å². The predicted molar refractivity (Wildman–Crippen MR) is 80.3 cm³/mol. The van der Waals surface area contributed by atoms with Gasteiger partial charge in [0.05, 0.1) is 11.4 Å². The SMILES string of the molecule is CN1CCN(Cc2ncc(-c3ccccc3)s2)CC1. The van der Waals surface area contributed by atoms with Crippen LogP contribution in [0, 0.1) is 0 Å². The number of hydrogen-bond donors (Lipinski definition) is 0. The monoisotopic (exact) mass is 273 g/mol. The Labute approximate surface area is 118 Å². The van der Waals surface area contributed by atoms with Crippen LogP contribution in [0.15, 0.2) is 36.5 Å². The fraction of sp³-hybridized carbons (Fsp3) is 0.400. The molecule has 1 aromatic heterocycles. The molecule has 1 saturated heterocycles. The Balaban J connectivity index is 1.65. The number of aromatic nitrogens is 1. The summed E-state index contributed by atoms with van der Waals surface area (Å²) in [6.45, 7) is 5.62. The number of nitrogens with zero attached hydrogens (tertiary/aromatic N) is 3. The van der Waals surface area contributed by atoms with E-state index in [-0.39, 0.29) is 0 Å². The molecule has 0 N–H and O–H groups in total. The topological polar surface area (TPSA) is 19.4 Å². The standard InChI is InChI=1S/C15H19N3S/c1-17-7-9-18(10-8-17)12-15-16-11-14(19-15)13-5-3-2-4-6-13/h2-6,11H,7-10,12H2,1H3. The first-order valence-corrected chi connectivity index (χ1v) is 7.54. The zero-order valence-electron chi connectivity index (χ0n) is 11.2. The van der Waals surface area contributed by atoms with Gasteiger partial charge in [-0.2, -0.15) is 0 Å². The molecule has 3 nitrogen and oxygen atoms in total. The number of benzene rings is 1. The maximum atomic E-state index is 4.57. The van der Waals surface area contributed by atoms with Gasteiger partial charge in [-0.05, 0) is 12.6 Å². The van der Waals surface area contributed by atoms with Crippen molar-refractivity contribution in [2.24, 2.45) is 0 Å². The van der Waals surface area contributed by atoms with E-state index in [2.05, 4.69) is 52.2 Å². The molecule has 0 aliphatic carbocycles. The number of hydrogen-bond acceptors (Lipinski definition) is 4. The maximum absolute atomic E-state index is 4.57. The Morgan fingerprint density at radius 1 is 1.11 bits per heavy atom. The summed E-state index contributed by atoms with van der Waals surface area (Å²) in [4.78, 5) is 10.7. The van der Waals surface area contributed by atoms with Crippen molar-refractivity contribution < 1.29 is 0 Å². The molecule has 19 heavy (non-hydrogen) atoms. The van der Waals surface area contributed by atoms with E-state index >= 15 is 0 Å². The molecule has 0 atom stereocenters. The number of thiazole rings is 1. The molecular formula is C15H19N3S. The average molecular weight is 273 g/mol. The van der Waals surface area contributed by atoms with E-state index in [1.807, 2.05) is 17.5 Å². The van der Waals surface area contributed by atoms with Gasteiger partial charge in [0.1, 0.15) is 5.01 Å². The lowest BCUT2D eigenvalue weighted by molar-refractivity contribution is 0.148. The molecule has 0 saturated carbocycles. The lowest BCUT2D eigenvalue weighted by Crippen LogP contribution is -2.43. The van der Waals surface area contributed by atoms with Gasteiger partial charge in [0, 0.05) is 32.4 Å². The number of likely N-dealkylation sites (N-methyl/N-ethyl adjacent to an activating group) is 1. The van der Waals surface area contributed by atoms with Crippen molar-refractivity contribution in [2.75, 3.05) is 33.2 Å². The van der Waals surface area contributed by atoms with Crippen LogP contribution in [0.4, 0.5) is 0 Å².